The van der Waals surface area contributed by atoms with Gasteiger partial charge in [-0.1, -0.05) is 0 Å². The van der Waals surface area contributed by atoms with E-state index in [0.29, 0.717) is 32.0 Å². The Morgan fingerprint density at radius 1 is 1.14 bits per heavy atom. The predicted octanol–water partition coefficient (Wildman–Crippen LogP) is 3.00. The van der Waals surface area contributed by atoms with E-state index in [1.54, 1.807) is 24.4 Å². The first-order valence-electron chi connectivity index (χ1n) is 10.9. The van der Waals surface area contributed by atoms with Crippen molar-refractivity contribution in [3.8, 4) is 11.3 Å². The van der Waals surface area contributed by atoms with Crippen LogP contribution in [0.2, 0.25) is 0 Å². The van der Waals surface area contributed by atoms with Crippen molar-refractivity contribution in [2.75, 3.05) is 24.5 Å². The highest BCUT2D eigenvalue weighted by atomic mass is 19.4. The molecule has 1 fully saturated rings. The Hall–Kier alpha value is -3.93. The Morgan fingerprint density at radius 3 is 2.69 bits per heavy atom. The molecule has 4 heterocycles. The van der Waals surface area contributed by atoms with Gasteiger partial charge in [0, 0.05) is 49.5 Å². The number of anilines is 1. The monoisotopic (exact) mass is 486 g/mol. The van der Waals surface area contributed by atoms with E-state index < -0.39 is 23.1 Å². The molecule has 182 valence electrons. The molecule has 0 saturated carbocycles. The molecular formula is C23H21F3N6O3. The van der Waals surface area contributed by atoms with Gasteiger partial charge in [-0.15, -0.1) is 0 Å². The number of hydrogen-bond donors (Lipinski definition) is 2. The molecule has 0 unspecified atom stereocenters. The number of H-pyrrole nitrogens is 2. The van der Waals surface area contributed by atoms with Crippen LogP contribution in [0, 0.1) is 0 Å². The van der Waals surface area contributed by atoms with Gasteiger partial charge >= 0.3 is 11.9 Å². The molecule has 4 aromatic rings. The highest BCUT2D eigenvalue weighted by Crippen LogP contribution is 2.30. The quantitative estimate of drug-likeness (QED) is 0.456. The summed E-state index contributed by atoms with van der Waals surface area (Å²) in [6.07, 6.45) is -1.82. The van der Waals surface area contributed by atoms with Gasteiger partial charge in [0.05, 0.1) is 22.8 Å². The van der Waals surface area contributed by atoms with Crippen LogP contribution in [-0.2, 0) is 12.7 Å². The van der Waals surface area contributed by atoms with Gasteiger partial charge in [-0.3, -0.25) is 19.8 Å². The predicted molar refractivity (Wildman–Crippen MR) is 122 cm³/mol. The van der Waals surface area contributed by atoms with E-state index in [0.717, 1.165) is 29.1 Å². The maximum absolute atomic E-state index is 12.8. The lowest BCUT2D eigenvalue weighted by Gasteiger charge is -2.40. The second-order valence-corrected chi connectivity index (χ2v) is 8.49. The first kappa shape index (κ1) is 22.8. The summed E-state index contributed by atoms with van der Waals surface area (Å²) in [5.41, 5.74) is 1.30. The summed E-state index contributed by atoms with van der Waals surface area (Å²) in [7, 11) is 0. The van der Waals surface area contributed by atoms with E-state index in [4.69, 9.17) is 4.42 Å². The van der Waals surface area contributed by atoms with Crippen molar-refractivity contribution in [3.05, 3.63) is 74.8 Å². The van der Waals surface area contributed by atoms with Gasteiger partial charge in [-0.25, -0.2) is 9.78 Å². The second-order valence-electron chi connectivity index (χ2n) is 8.49. The summed E-state index contributed by atoms with van der Waals surface area (Å²) >= 11 is 0. The van der Waals surface area contributed by atoms with Crippen LogP contribution < -0.4 is 16.2 Å². The Morgan fingerprint density at radius 2 is 1.97 bits per heavy atom. The fourth-order valence-corrected chi connectivity index (χ4v) is 4.32. The number of fused-ring (bicyclic) bond motifs is 1. The molecule has 1 saturated heterocycles. The highest BCUT2D eigenvalue weighted by Gasteiger charge is 2.31. The summed E-state index contributed by atoms with van der Waals surface area (Å²) in [6, 6.07) is 7.53. The van der Waals surface area contributed by atoms with Crippen LogP contribution in [0.3, 0.4) is 0 Å². The molecule has 0 amide bonds. The third-order valence-electron chi connectivity index (χ3n) is 6.19. The Kier molecular flexibility index (Phi) is 5.67. The molecule has 1 atom stereocenters. The minimum absolute atomic E-state index is 0.101. The van der Waals surface area contributed by atoms with Gasteiger partial charge in [0.1, 0.15) is 11.4 Å². The molecular weight excluding hydrogens is 465 g/mol. The number of rotatable bonds is 4. The normalized spacial score (nSPS) is 17.3. The van der Waals surface area contributed by atoms with Crippen LogP contribution in [0.1, 0.15) is 18.1 Å². The zero-order valence-corrected chi connectivity index (χ0v) is 18.6. The number of alkyl halides is 3. The van der Waals surface area contributed by atoms with Crippen molar-refractivity contribution in [1.29, 1.82) is 0 Å². The molecule has 0 bridgehead atoms. The van der Waals surface area contributed by atoms with Crippen LogP contribution in [0.5, 0.6) is 0 Å². The molecule has 5 rings (SSSR count). The van der Waals surface area contributed by atoms with Gasteiger partial charge < -0.3 is 9.32 Å². The Labute approximate surface area is 196 Å². The van der Waals surface area contributed by atoms with Gasteiger partial charge in [0.15, 0.2) is 0 Å². The van der Waals surface area contributed by atoms with E-state index in [-0.39, 0.29) is 17.0 Å². The van der Waals surface area contributed by atoms with Gasteiger partial charge in [-0.05, 0) is 37.3 Å². The highest BCUT2D eigenvalue weighted by molar-refractivity contribution is 5.82. The van der Waals surface area contributed by atoms with Crippen molar-refractivity contribution >= 4 is 16.8 Å². The Bertz CT molecular complexity index is 1470. The zero-order valence-electron chi connectivity index (χ0n) is 18.6. The standard InChI is InChI=1S/C23H21F3N6O3/c1-13-11-32(19-5-3-16(10-27-19)23(24,25)26)7-6-31(13)12-15-9-28-30-20(15)14-2-4-18-17(8-14)21(33)29-22(34)35-18/h2-5,8-10,13H,6-7,11-12H2,1H3,(H,28,30)(H,29,33,34)/t13-/m0/s1. The molecule has 1 aromatic carbocycles. The van der Waals surface area contributed by atoms with Crippen molar-refractivity contribution in [2.45, 2.75) is 25.7 Å². The molecule has 0 radical (unpaired) electrons. The molecule has 9 nitrogen and oxygen atoms in total. The lowest BCUT2D eigenvalue weighted by Crippen LogP contribution is -2.51. The van der Waals surface area contributed by atoms with Gasteiger partial charge in [-0.2, -0.15) is 18.3 Å². The lowest BCUT2D eigenvalue weighted by atomic mass is 10.0. The maximum atomic E-state index is 12.8. The number of hydrogen-bond acceptors (Lipinski definition) is 7. The van der Waals surface area contributed by atoms with Crippen molar-refractivity contribution in [2.24, 2.45) is 0 Å². The third kappa shape index (κ3) is 4.56. The minimum atomic E-state index is -4.41. The maximum Gasteiger partial charge on any atom is 0.419 e. The number of benzene rings is 1. The summed E-state index contributed by atoms with van der Waals surface area (Å²) in [5, 5.41) is 7.41. The summed E-state index contributed by atoms with van der Waals surface area (Å²) in [4.78, 5) is 33.9. The second kappa shape index (κ2) is 8.69. The largest absolute Gasteiger partial charge is 0.419 e. The molecule has 1 aliphatic rings. The molecule has 3 aromatic heterocycles. The molecule has 0 spiro atoms. The van der Waals surface area contributed by atoms with E-state index in [1.807, 2.05) is 11.8 Å². The lowest BCUT2D eigenvalue weighted by molar-refractivity contribution is -0.137. The van der Waals surface area contributed by atoms with Crippen LogP contribution in [0.4, 0.5) is 19.0 Å². The average Bonchev–Trinajstić information content (AvgIpc) is 3.28. The number of halogens is 3. The third-order valence-corrected chi connectivity index (χ3v) is 6.19. The van der Waals surface area contributed by atoms with E-state index >= 15 is 0 Å². The average molecular weight is 486 g/mol. The number of nitrogens with one attached hydrogen (secondary N) is 2. The fourth-order valence-electron chi connectivity index (χ4n) is 4.32. The number of aromatic amines is 2. The number of aromatic nitrogens is 4. The minimum Gasteiger partial charge on any atom is -0.409 e. The number of piperazine rings is 1. The molecule has 0 aliphatic carbocycles. The first-order chi connectivity index (χ1) is 16.7. The van der Waals surface area contributed by atoms with E-state index in [9.17, 15) is 22.8 Å². The van der Waals surface area contributed by atoms with Crippen molar-refractivity contribution in [3.63, 3.8) is 0 Å². The van der Waals surface area contributed by atoms with Crippen LogP contribution in [-0.4, -0.2) is 50.7 Å². The smallest absolute Gasteiger partial charge is 0.409 e. The van der Waals surface area contributed by atoms with E-state index in [2.05, 4.69) is 25.1 Å². The summed E-state index contributed by atoms with van der Waals surface area (Å²) in [6.45, 7) is 4.53. The fraction of sp³-hybridized carbons (Fsp3) is 0.304. The molecule has 2 N–H and O–H groups in total. The Balaban J connectivity index is 1.31. The van der Waals surface area contributed by atoms with Crippen molar-refractivity contribution < 1.29 is 17.6 Å². The first-order valence-corrected chi connectivity index (χ1v) is 10.9. The number of nitrogens with zero attached hydrogens (tertiary/aromatic N) is 4. The van der Waals surface area contributed by atoms with Gasteiger partial charge in [0.2, 0.25) is 0 Å². The van der Waals surface area contributed by atoms with Crippen LogP contribution in [0.25, 0.3) is 22.2 Å². The molecule has 35 heavy (non-hydrogen) atoms. The molecule has 12 heteroatoms. The topological polar surface area (TPSA) is 111 Å². The van der Waals surface area contributed by atoms with Crippen molar-refractivity contribution in [1.82, 2.24) is 25.1 Å². The van der Waals surface area contributed by atoms with Crippen LogP contribution in [0.15, 0.2) is 56.7 Å². The zero-order chi connectivity index (χ0) is 24.7. The van der Waals surface area contributed by atoms with E-state index in [1.165, 1.54) is 6.07 Å². The summed E-state index contributed by atoms with van der Waals surface area (Å²) in [5.74, 6) is -0.293. The summed E-state index contributed by atoms with van der Waals surface area (Å²) < 4.78 is 43.5. The SMILES string of the molecule is C[C@H]1CN(c2ccc(C(F)(F)F)cn2)CCN1Cc1cn[nH]c1-c1ccc2oc(=O)[nH]c(=O)c2c1. The van der Waals surface area contributed by atoms with Crippen LogP contribution >= 0.6 is 0 Å². The number of pyridine rings is 1. The molecule has 1 aliphatic heterocycles. The van der Waals surface area contributed by atoms with Gasteiger partial charge in [0.25, 0.3) is 5.56 Å².